The molecule has 1 heterocycles. The van der Waals surface area contributed by atoms with Gasteiger partial charge in [-0.15, -0.1) is 0 Å². The van der Waals surface area contributed by atoms with Gasteiger partial charge < -0.3 is 15.3 Å². The second kappa shape index (κ2) is 7.25. The lowest BCUT2D eigenvalue weighted by atomic mass is 10.2. The molecule has 0 aliphatic rings. The van der Waals surface area contributed by atoms with Crippen molar-refractivity contribution in [1.82, 2.24) is 15.2 Å². The number of rotatable bonds is 7. The Balaban J connectivity index is 2.32. The third kappa shape index (κ3) is 5.15. The van der Waals surface area contributed by atoms with Crippen molar-refractivity contribution in [2.24, 2.45) is 0 Å². The molecule has 4 heteroatoms. The maximum atomic E-state index is 9.13. The highest BCUT2D eigenvalue weighted by Crippen LogP contribution is 2.05. The molecular weight excluding hydrogens is 214 g/mol. The van der Waals surface area contributed by atoms with Crippen LogP contribution in [-0.2, 0) is 6.54 Å². The number of aromatic nitrogens is 1. The number of hydrogen-bond donors (Lipinski definition) is 2. The molecule has 4 nitrogen and oxygen atoms in total. The fourth-order valence-corrected chi connectivity index (χ4v) is 1.73. The van der Waals surface area contributed by atoms with Gasteiger partial charge in [-0.3, -0.25) is 4.98 Å². The summed E-state index contributed by atoms with van der Waals surface area (Å²) in [6.07, 6.45) is 1.48. The van der Waals surface area contributed by atoms with Crippen LogP contribution in [0.5, 0.6) is 5.75 Å². The van der Waals surface area contributed by atoms with Gasteiger partial charge in [0, 0.05) is 19.1 Å². The van der Waals surface area contributed by atoms with E-state index in [9.17, 15) is 0 Å². The average Bonchev–Trinajstić information content (AvgIpc) is 2.35. The van der Waals surface area contributed by atoms with Gasteiger partial charge in [0.15, 0.2) is 0 Å². The molecule has 96 valence electrons. The van der Waals surface area contributed by atoms with Gasteiger partial charge in [-0.1, -0.05) is 13.8 Å². The van der Waals surface area contributed by atoms with Crippen molar-refractivity contribution in [2.75, 3.05) is 19.6 Å². The van der Waals surface area contributed by atoms with Crippen LogP contribution in [0.4, 0.5) is 0 Å². The predicted octanol–water partition coefficient (Wildman–Crippen LogP) is 1.61. The van der Waals surface area contributed by atoms with Crippen LogP contribution < -0.4 is 5.32 Å². The summed E-state index contributed by atoms with van der Waals surface area (Å²) in [5.74, 6) is 0.213. The van der Waals surface area contributed by atoms with E-state index >= 15 is 0 Å². The van der Waals surface area contributed by atoms with Crippen LogP contribution in [0.15, 0.2) is 18.3 Å². The molecule has 0 aliphatic carbocycles. The van der Waals surface area contributed by atoms with Gasteiger partial charge >= 0.3 is 0 Å². The normalized spacial score (nSPS) is 12.9. The average molecular weight is 237 g/mol. The van der Waals surface area contributed by atoms with Crippen LogP contribution in [0.1, 0.15) is 26.5 Å². The van der Waals surface area contributed by atoms with E-state index in [1.165, 1.54) is 6.20 Å². The lowest BCUT2D eigenvalue weighted by Gasteiger charge is -2.23. The maximum Gasteiger partial charge on any atom is 0.133 e. The van der Waals surface area contributed by atoms with Gasteiger partial charge in [-0.25, -0.2) is 0 Å². The Morgan fingerprint density at radius 2 is 2.06 bits per heavy atom. The predicted molar refractivity (Wildman–Crippen MR) is 70.0 cm³/mol. The molecule has 1 aromatic heterocycles. The van der Waals surface area contributed by atoms with E-state index in [0.717, 1.165) is 31.9 Å². The van der Waals surface area contributed by atoms with Crippen LogP contribution >= 0.6 is 0 Å². The fraction of sp³-hybridized carbons (Fsp3) is 0.615. The van der Waals surface area contributed by atoms with Crippen LogP contribution in [0, 0.1) is 0 Å². The summed E-state index contributed by atoms with van der Waals surface area (Å²) in [6.45, 7) is 10.5. The molecule has 0 saturated heterocycles. The van der Waals surface area contributed by atoms with Crippen molar-refractivity contribution in [3.8, 4) is 5.75 Å². The van der Waals surface area contributed by atoms with Crippen molar-refractivity contribution in [3.05, 3.63) is 24.0 Å². The second-order valence-electron chi connectivity index (χ2n) is 4.28. The van der Waals surface area contributed by atoms with Crippen molar-refractivity contribution in [1.29, 1.82) is 0 Å². The molecule has 1 rings (SSSR count). The summed E-state index contributed by atoms with van der Waals surface area (Å²) >= 11 is 0. The lowest BCUT2D eigenvalue weighted by molar-refractivity contribution is 0.270. The second-order valence-corrected chi connectivity index (χ2v) is 4.28. The fourth-order valence-electron chi connectivity index (χ4n) is 1.73. The van der Waals surface area contributed by atoms with Gasteiger partial charge in [0.1, 0.15) is 5.75 Å². The molecule has 1 aromatic rings. The van der Waals surface area contributed by atoms with Crippen LogP contribution in [0.2, 0.25) is 0 Å². The Morgan fingerprint density at radius 1 is 1.35 bits per heavy atom. The number of hydrogen-bond acceptors (Lipinski definition) is 4. The van der Waals surface area contributed by atoms with Crippen molar-refractivity contribution in [2.45, 2.75) is 33.4 Å². The maximum absolute atomic E-state index is 9.13. The topological polar surface area (TPSA) is 48.4 Å². The Bertz CT molecular complexity index is 309. The molecular formula is C13H23N3O. The first-order valence-electron chi connectivity index (χ1n) is 6.25. The summed E-state index contributed by atoms with van der Waals surface area (Å²) < 4.78 is 0. The third-order valence-electron chi connectivity index (χ3n) is 2.87. The van der Waals surface area contributed by atoms with Crippen LogP contribution in [0.25, 0.3) is 0 Å². The van der Waals surface area contributed by atoms with Gasteiger partial charge in [-0.2, -0.15) is 0 Å². The molecule has 2 N–H and O–H groups in total. The van der Waals surface area contributed by atoms with Crippen LogP contribution in [0.3, 0.4) is 0 Å². The molecule has 0 bridgehead atoms. The molecule has 1 atom stereocenters. The van der Waals surface area contributed by atoms with Gasteiger partial charge in [0.05, 0.1) is 11.9 Å². The number of nitrogens with zero attached hydrogens (tertiary/aromatic N) is 2. The minimum atomic E-state index is 0.213. The Kier molecular flexibility index (Phi) is 5.94. The zero-order chi connectivity index (χ0) is 12.7. The highest BCUT2D eigenvalue weighted by molar-refractivity contribution is 5.17. The summed E-state index contributed by atoms with van der Waals surface area (Å²) in [5, 5.41) is 12.6. The molecule has 1 unspecified atom stereocenters. The summed E-state index contributed by atoms with van der Waals surface area (Å²) in [6, 6.07) is 3.94. The van der Waals surface area contributed by atoms with E-state index in [2.05, 4.69) is 36.0 Å². The van der Waals surface area contributed by atoms with Crippen molar-refractivity contribution >= 4 is 0 Å². The Labute approximate surface area is 104 Å². The quantitative estimate of drug-likeness (QED) is 0.756. The largest absolute Gasteiger partial charge is 0.506 e. The van der Waals surface area contributed by atoms with E-state index in [-0.39, 0.29) is 5.75 Å². The highest BCUT2D eigenvalue weighted by Gasteiger charge is 2.06. The third-order valence-corrected chi connectivity index (χ3v) is 2.87. The minimum absolute atomic E-state index is 0.213. The molecule has 0 saturated carbocycles. The first kappa shape index (κ1) is 13.9. The van der Waals surface area contributed by atoms with E-state index in [1.54, 1.807) is 6.07 Å². The van der Waals surface area contributed by atoms with E-state index in [4.69, 9.17) is 5.11 Å². The number of pyridine rings is 1. The van der Waals surface area contributed by atoms with Crippen LogP contribution in [-0.4, -0.2) is 40.7 Å². The standard InChI is InChI=1S/C13H23N3O/c1-4-16(5-2)10-11(3)14-8-12-6-7-13(17)9-15-12/h6-7,9,11,14,17H,4-5,8,10H2,1-3H3. The first-order chi connectivity index (χ1) is 8.15. The van der Waals surface area contributed by atoms with E-state index in [0.29, 0.717) is 6.04 Å². The zero-order valence-corrected chi connectivity index (χ0v) is 11.0. The lowest BCUT2D eigenvalue weighted by Crippen LogP contribution is -2.38. The summed E-state index contributed by atoms with van der Waals surface area (Å²) in [7, 11) is 0. The number of nitrogens with one attached hydrogen (secondary N) is 1. The van der Waals surface area contributed by atoms with E-state index < -0.39 is 0 Å². The summed E-state index contributed by atoms with van der Waals surface area (Å²) in [4.78, 5) is 6.53. The smallest absolute Gasteiger partial charge is 0.133 e. The molecule has 0 radical (unpaired) electrons. The monoisotopic (exact) mass is 237 g/mol. The van der Waals surface area contributed by atoms with Crippen molar-refractivity contribution in [3.63, 3.8) is 0 Å². The molecule has 0 amide bonds. The number of aromatic hydroxyl groups is 1. The SMILES string of the molecule is CCN(CC)CC(C)NCc1ccc(O)cn1. The van der Waals surface area contributed by atoms with E-state index in [1.807, 2.05) is 6.07 Å². The Hall–Kier alpha value is -1.13. The summed E-state index contributed by atoms with van der Waals surface area (Å²) in [5.41, 5.74) is 0.953. The molecule has 17 heavy (non-hydrogen) atoms. The van der Waals surface area contributed by atoms with Gasteiger partial charge in [0.25, 0.3) is 0 Å². The molecule has 0 aromatic carbocycles. The number of likely N-dealkylation sites (N-methyl/N-ethyl adjacent to an activating group) is 1. The zero-order valence-electron chi connectivity index (χ0n) is 11.0. The van der Waals surface area contributed by atoms with Gasteiger partial charge in [-0.05, 0) is 32.1 Å². The minimum Gasteiger partial charge on any atom is -0.506 e. The first-order valence-corrected chi connectivity index (χ1v) is 6.25. The molecule has 0 aliphatic heterocycles. The van der Waals surface area contributed by atoms with Gasteiger partial charge in [0.2, 0.25) is 0 Å². The molecule has 0 fully saturated rings. The molecule has 0 spiro atoms. The highest BCUT2D eigenvalue weighted by atomic mass is 16.3. The van der Waals surface area contributed by atoms with Crippen molar-refractivity contribution < 1.29 is 5.11 Å². The Morgan fingerprint density at radius 3 is 2.59 bits per heavy atom.